The molecule has 1 aromatic heterocycles. The minimum absolute atomic E-state index is 0.0379. The molecule has 0 radical (unpaired) electrons. The van der Waals surface area contributed by atoms with E-state index in [1.54, 1.807) is 7.11 Å². The standard InChI is InChI=1S/C13H17N3O3/c1-18-10-2-3-11-12(8-10)15-9-16-13(11)14-4-6-19-7-5-17/h2-3,8-9,17H,4-7H2,1H3,(H,14,15,16). The Kier molecular flexibility index (Phi) is 4.88. The van der Waals surface area contributed by atoms with Gasteiger partial charge < -0.3 is 19.9 Å². The molecule has 1 heterocycles. The first-order chi connectivity index (χ1) is 9.35. The molecule has 1 aromatic carbocycles. The Hall–Kier alpha value is -1.92. The quantitative estimate of drug-likeness (QED) is 0.727. The fraction of sp³-hybridized carbons (Fsp3) is 0.385. The van der Waals surface area contributed by atoms with Crippen LogP contribution in [0.2, 0.25) is 0 Å². The molecule has 0 saturated carbocycles. The number of rotatable bonds is 7. The van der Waals surface area contributed by atoms with E-state index in [1.165, 1.54) is 6.33 Å². The van der Waals surface area contributed by atoms with Gasteiger partial charge in [-0.25, -0.2) is 9.97 Å². The molecule has 2 aromatic rings. The fourth-order valence-corrected chi connectivity index (χ4v) is 1.71. The van der Waals surface area contributed by atoms with Gasteiger partial charge in [0.15, 0.2) is 0 Å². The highest BCUT2D eigenvalue weighted by molar-refractivity contribution is 5.89. The van der Waals surface area contributed by atoms with Gasteiger partial charge in [0.05, 0.1) is 32.4 Å². The molecule has 0 fully saturated rings. The van der Waals surface area contributed by atoms with Gasteiger partial charge in [-0.3, -0.25) is 0 Å². The Morgan fingerprint density at radius 1 is 1.26 bits per heavy atom. The monoisotopic (exact) mass is 263 g/mol. The van der Waals surface area contributed by atoms with E-state index in [4.69, 9.17) is 14.6 Å². The third-order valence-electron chi connectivity index (χ3n) is 2.62. The van der Waals surface area contributed by atoms with Crippen LogP contribution in [0.3, 0.4) is 0 Å². The van der Waals surface area contributed by atoms with Crippen LogP contribution in [0.15, 0.2) is 24.5 Å². The van der Waals surface area contributed by atoms with Crippen LogP contribution in [0, 0.1) is 0 Å². The molecule has 2 N–H and O–H groups in total. The molecular weight excluding hydrogens is 246 g/mol. The van der Waals surface area contributed by atoms with Gasteiger partial charge in [0.2, 0.25) is 0 Å². The molecule has 0 aliphatic heterocycles. The van der Waals surface area contributed by atoms with Crippen molar-refractivity contribution in [1.82, 2.24) is 9.97 Å². The molecule has 6 heteroatoms. The van der Waals surface area contributed by atoms with Gasteiger partial charge in [0.1, 0.15) is 17.9 Å². The van der Waals surface area contributed by atoms with Crippen LogP contribution in [-0.2, 0) is 4.74 Å². The summed E-state index contributed by atoms with van der Waals surface area (Å²) in [6.07, 6.45) is 1.51. The first kappa shape index (κ1) is 13.5. The second-order valence-electron chi connectivity index (χ2n) is 3.87. The Bertz CT molecular complexity index is 534. The molecule has 0 bridgehead atoms. The van der Waals surface area contributed by atoms with Gasteiger partial charge in [-0.2, -0.15) is 0 Å². The molecule has 0 aliphatic rings. The Balaban J connectivity index is 2.06. The predicted molar refractivity (Wildman–Crippen MR) is 72.5 cm³/mol. The van der Waals surface area contributed by atoms with E-state index >= 15 is 0 Å². The van der Waals surface area contributed by atoms with E-state index in [9.17, 15) is 0 Å². The average Bonchev–Trinajstić information content (AvgIpc) is 2.46. The third kappa shape index (κ3) is 3.52. The second-order valence-corrected chi connectivity index (χ2v) is 3.87. The second kappa shape index (κ2) is 6.86. The highest BCUT2D eigenvalue weighted by Gasteiger charge is 2.04. The highest BCUT2D eigenvalue weighted by atomic mass is 16.5. The van der Waals surface area contributed by atoms with E-state index in [1.807, 2.05) is 18.2 Å². The van der Waals surface area contributed by atoms with E-state index in [0.717, 1.165) is 22.5 Å². The number of aliphatic hydroxyl groups is 1. The maximum Gasteiger partial charge on any atom is 0.137 e. The van der Waals surface area contributed by atoms with Crippen LogP contribution in [0.4, 0.5) is 5.82 Å². The smallest absolute Gasteiger partial charge is 0.137 e. The summed E-state index contributed by atoms with van der Waals surface area (Å²) in [5, 5.41) is 12.7. The number of aliphatic hydroxyl groups excluding tert-OH is 1. The van der Waals surface area contributed by atoms with E-state index in [-0.39, 0.29) is 6.61 Å². The molecule has 19 heavy (non-hydrogen) atoms. The van der Waals surface area contributed by atoms with Crippen LogP contribution < -0.4 is 10.1 Å². The summed E-state index contributed by atoms with van der Waals surface area (Å²) in [4.78, 5) is 8.42. The molecule has 0 spiro atoms. The number of fused-ring (bicyclic) bond motifs is 1. The molecule has 0 unspecified atom stereocenters. The van der Waals surface area contributed by atoms with Crippen LogP contribution >= 0.6 is 0 Å². The van der Waals surface area contributed by atoms with Crippen molar-refractivity contribution in [3.63, 3.8) is 0 Å². The number of hydrogen-bond donors (Lipinski definition) is 2. The van der Waals surface area contributed by atoms with Gasteiger partial charge in [0.25, 0.3) is 0 Å². The van der Waals surface area contributed by atoms with Crippen LogP contribution in [0.5, 0.6) is 5.75 Å². The molecule has 6 nitrogen and oxygen atoms in total. The summed E-state index contributed by atoms with van der Waals surface area (Å²) in [6, 6.07) is 5.66. The SMILES string of the molecule is COc1ccc2c(NCCOCCO)ncnc2c1. The zero-order valence-electron chi connectivity index (χ0n) is 10.8. The number of hydrogen-bond acceptors (Lipinski definition) is 6. The first-order valence-corrected chi connectivity index (χ1v) is 6.06. The number of ether oxygens (including phenoxy) is 2. The Morgan fingerprint density at radius 2 is 2.16 bits per heavy atom. The Morgan fingerprint density at radius 3 is 2.95 bits per heavy atom. The zero-order valence-corrected chi connectivity index (χ0v) is 10.8. The lowest BCUT2D eigenvalue weighted by Crippen LogP contribution is -2.12. The number of nitrogens with one attached hydrogen (secondary N) is 1. The van der Waals surface area contributed by atoms with Gasteiger partial charge in [-0.15, -0.1) is 0 Å². The van der Waals surface area contributed by atoms with Crippen molar-refractivity contribution in [3.05, 3.63) is 24.5 Å². The van der Waals surface area contributed by atoms with Crippen molar-refractivity contribution in [1.29, 1.82) is 0 Å². The van der Waals surface area contributed by atoms with Crippen molar-refractivity contribution in [2.75, 3.05) is 38.8 Å². The molecule has 2 rings (SSSR count). The lowest BCUT2D eigenvalue weighted by Gasteiger charge is -2.09. The number of aromatic nitrogens is 2. The molecule has 0 aliphatic carbocycles. The molecule has 0 amide bonds. The average molecular weight is 263 g/mol. The van der Waals surface area contributed by atoms with Crippen molar-refractivity contribution in [3.8, 4) is 5.75 Å². The van der Waals surface area contributed by atoms with Gasteiger partial charge >= 0.3 is 0 Å². The number of benzene rings is 1. The van der Waals surface area contributed by atoms with E-state index < -0.39 is 0 Å². The maximum atomic E-state index is 8.60. The van der Waals surface area contributed by atoms with Crippen molar-refractivity contribution < 1.29 is 14.6 Å². The maximum absolute atomic E-state index is 8.60. The van der Waals surface area contributed by atoms with Crippen LogP contribution in [0.25, 0.3) is 10.9 Å². The van der Waals surface area contributed by atoms with Crippen molar-refractivity contribution >= 4 is 16.7 Å². The van der Waals surface area contributed by atoms with Gasteiger partial charge in [-0.1, -0.05) is 0 Å². The topological polar surface area (TPSA) is 76.5 Å². The molecule has 0 saturated heterocycles. The fourth-order valence-electron chi connectivity index (χ4n) is 1.71. The molecule has 0 atom stereocenters. The van der Waals surface area contributed by atoms with Crippen LogP contribution in [-0.4, -0.2) is 48.5 Å². The minimum atomic E-state index is 0.0379. The third-order valence-corrected chi connectivity index (χ3v) is 2.62. The summed E-state index contributed by atoms with van der Waals surface area (Å²) in [6.45, 7) is 1.53. The van der Waals surface area contributed by atoms with E-state index in [0.29, 0.717) is 19.8 Å². The highest BCUT2D eigenvalue weighted by Crippen LogP contribution is 2.23. The normalized spacial score (nSPS) is 10.6. The number of nitrogens with zero attached hydrogens (tertiary/aromatic N) is 2. The molecule has 102 valence electrons. The summed E-state index contributed by atoms with van der Waals surface area (Å²) in [7, 11) is 1.63. The lowest BCUT2D eigenvalue weighted by atomic mass is 10.2. The van der Waals surface area contributed by atoms with Crippen molar-refractivity contribution in [2.24, 2.45) is 0 Å². The molecular formula is C13H17N3O3. The largest absolute Gasteiger partial charge is 0.497 e. The summed E-state index contributed by atoms with van der Waals surface area (Å²) in [5.74, 6) is 1.53. The van der Waals surface area contributed by atoms with E-state index in [2.05, 4.69) is 15.3 Å². The van der Waals surface area contributed by atoms with Gasteiger partial charge in [-0.05, 0) is 12.1 Å². The van der Waals surface area contributed by atoms with Gasteiger partial charge in [0, 0.05) is 18.0 Å². The summed E-state index contributed by atoms with van der Waals surface area (Å²) in [5.41, 5.74) is 0.827. The van der Waals surface area contributed by atoms with Crippen molar-refractivity contribution in [2.45, 2.75) is 0 Å². The first-order valence-electron chi connectivity index (χ1n) is 6.06. The zero-order chi connectivity index (χ0) is 13.5. The lowest BCUT2D eigenvalue weighted by molar-refractivity contribution is 0.0992. The number of anilines is 1. The number of methoxy groups -OCH3 is 1. The van der Waals surface area contributed by atoms with Crippen LogP contribution in [0.1, 0.15) is 0 Å². The summed E-state index contributed by atoms with van der Waals surface area (Å²) < 4.78 is 10.3. The Labute approximate surface area is 111 Å². The predicted octanol–water partition coefficient (Wildman–Crippen LogP) is 1.06. The minimum Gasteiger partial charge on any atom is -0.497 e. The summed E-state index contributed by atoms with van der Waals surface area (Å²) >= 11 is 0.